The number of hydrogen-bond donors (Lipinski definition) is 2. The molecule has 0 saturated carbocycles. The normalized spacial score (nSPS) is 10.2. The van der Waals surface area contributed by atoms with Crippen molar-refractivity contribution in [3.05, 3.63) is 60.0 Å². The van der Waals surface area contributed by atoms with Gasteiger partial charge in [-0.15, -0.1) is 5.10 Å². The largest absolute Gasteiger partial charge is 0.361 e. The Morgan fingerprint density at radius 3 is 2.42 bits per heavy atom. The monoisotopic (exact) mass is 354 g/mol. The Kier molecular flexibility index (Phi) is 8.49. The molecule has 0 saturated heterocycles. The molecule has 3 aromatic rings. The quantitative estimate of drug-likeness (QED) is 0.709. The third-order valence-electron chi connectivity index (χ3n) is 3.56. The summed E-state index contributed by atoms with van der Waals surface area (Å²) in [6.45, 7) is 12.0. The molecule has 3 rings (SSSR count). The molecule has 0 aliphatic heterocycles. The number of benzene rings is 1. The minimum atomic E-state index is -0.389. The molecule has 0 aliphatic rings. The van der Waals surface area contributed by atoms with E-state index in [0.29, 0.717) is 5.69 Å². The maximum absolute atomic E-state index is 12.2. The van der Waals surface area contributed by atoms with Crippen LogP contribution in [0.3, 0.4) is 0 Å². The second-order valence-corrected chi connectivity index (χ2v) is 5.98. The number of carbonyl (C=O) groups is 1. The second kappa shape index (κ2) is 10.3. The van der Waals surface area contributed by atoms with E-state index in [1.807, 2.05) is 65.9 Å². The number of aromatic nitrogens is 3. The Morgan fingerprint density at radius 2 is 1.77 bits per heavy atom. The summed E-state index contributed by atoms with van der Waals surface area (Å²) >= 11 is 0. The number of fused-ring (bicyclic) bond motifs is 1. The van der Waals surface area contributed by atoms with Crippen LogP contribution in [-0.4, -0.2) is 26.6 Å². The highest BCUT2D eigenvalue weighted by Crippen LogP contribution is 2.22. The third-order valence-corrected chi connectivity index (χ3v) is 3.56. The highest BCUT2D eigenvalue weighted by Gasteiger charge is 2.23. The van der Waals surface area contributed by atoms with Crippen molar-refractivity contribution < 1.29 is 4.79 Å². The van der Waals surface area contributed by atoms with E-state index in [2.05, 4.69) is 26.6 Å². The van der Waals surface area contributed by atoms with Crippen molar-refractivity contribution in [3.63, 3.8) is 0 Å². The number of H-pyrrole nitrogens is 1. The summed E-state index contributed by atoms with van der Waals surface area (Å²) < 4.78 is 0. The molecule has 1 aromatic carbocycles. The Bertz CT molecular complexity index is 794. The summed E-state index contributed by atoms with van der Waals surface area (Å²) in [7, 11) is 0. The van der Waals surface area contributed by atoms with E-state index >= 15 is 0 Å². The van der Waals surface area contributed by atoms with Crippen LogP contribution in [-0.2, 0) is 6.42 Å². The van der Waals surface area contributed by atoms with Gasteiger partial charge in [-0.1, -0.05) is 45.9 Å². The van der Waals surface area contributed by atoms with E-state index in [4.69, 9.17) is 0 Å². The predicted molar refractivity (Wildman–Crippen MR) is 108 cm³/mol. The molecule has 2 N–H and O–H groups in total. The molecular weight excluding hydrogens is 324 g/mol. The van der Waals surface area contributed by atoms with Gasteiger partial charge >= 0.3 is 0 Å². The number of amides is 1. The van der Waals surface area contributed by atoms with Crippen molar-refractivity contribution in [2.75, 3.05) is 0 Å². The van der Waals surface area contributed by atoms with Gasteiger partial charge in [-0.05, 0) is 44.0 Å². The number of rotatable bonds is 4. The Balaban J connectivity index is 0.000000791. The Labute approximate surface area is 156 Å². The first-order valence-corrected chi connectivity index (χ1v) is 9.20. The molecule has 0 bridgehead atoms. The van der Waals surface area contributed by atoms with E-state index in [9.17, 15) is 4.79 Å². The van der Waals surface area contributed by atoms with Gasteiger partial charge in [0.2, 0.25) is 0 Å². The number of aromatic amines is 1. The van der Waals surface area contributed by atoms with Crippen LogP contribution in [0.15, 0.2) is 48.8 Å². The van der Waals surface area contributed by atoms with Crippen LogP contribution in [0, 0.1) is 0 Å². The van der Waals surface area contributed by atoms with Crippen LogP contribution in [0.4, 0.5) is 0 Å². The lowest BCUT2D eigenvalue weighted by Crippen LogP contribution is -2.45. The summed E-state index contributed by atoms with van der Waals surface area (Å²) in [5, 5.41) is 11.8. The summed E-state index contributed by atoms with van der Waals surface area (Å²) in [6.07, 6.45) is 4.28. The van der Waals surface area contributed by atoms with Crippen molar-refractivity contribution in [2.45, 2.75) is 53.5 Å². The lowest BCUT2D eigenvalue weighted by atomic mass is 9.94. The Hall–Kier alpha value is -2.69. The highest BCUT2D eigenvalue weighted by atomic mass is 16.2. The first kappa shape index (κ1) is 21.4. The zero-order valence-electron chi connectivity index (χ0n) is 16.6. The van der Waals surface area contributed by atoms with E-state index < -0.39 is 0 Å². The molecule has 0 fully saturated rings. The number of nitrogens with zero attached hydrogens (tertiary/aromatic N) is 2. The van der Waals surface area contributed by atoms with Gasteiger partial charge in [-0.3, -0.25) is 4.79 Å². The summed E-state index contributed by atoms with van der Waals surface area (Å²) in [4.78, 5) is 15.5. The summed E-state index contributed by atoms with van der Waals surface area (Å²) in [6, 6.07) is 11.5. The summed E-state index contributed by atoms with van der Waals surface area (Å²) in [5.74, 6) is -0.210. The third kappa shape index (κ3) is 5.69. The molecule has 0 unspecified atom stereocenters. The van der Waals surface area contributed by atoms with E-state index in [-0.39, 0.29) is 11.4 Å². The maximum atomic E-state index is 12.2. The lowest BCUT2D eigenvalue weighted by Gasteiger charge is -2.26. The topological polar surface area (TPSA) is 70.7 Å². The van der Waals surface area contributed by atoms with Gasteiger partial charge in [-0.2, -0.15) is 5.10 Å². The molecule has 1 amide bonds. The Morgan fingerprint density at radius 1 is 1.08 bits per heavy atom. The fourth-order valence-corrected chi connectivity index (χ4v) is 2.59. The molecule has 0 aliphatic carbocycles. The van der Waals surface area contributed by atoms with Crippen molar-refractivity contribution in [1.82, 2.24) is 20.5 Å². The van der Waals surface area contributed by atoms with Gasteiger partial charge in [0, 0.05) is 28.8 Å². The molecule has 2 heterocycles. The lowest BCUT2D eigenvalue weighted by molar-refractivity contribution is 0.0907. The SMILES string of the molecule is CC.CC.CC(C)(Cc1c[nH]c2ccccc12)NC(=O)c1cccnn1. The van der Waals surface area contributed by atoms with E-state index in [1.165, 1.54) is 10.9 Å². The fourth-order valence-electron chi connectivity index (χ4n) is 2.59. The average Bonchev–Trinajstić information content (AvgIpc) is 3.08. The number of hydrogen-bond acceptors (Lipinski definition) is 3. The zero-order valence-corrected chi connectivity index (χ0v) is 16.6. The molecule has 140 valence electrons. The number of para-hydroxylation sites is 1. The van der Waals surface area contributed by atoms with Crippen LogP contribution in [0.2, 0.25) is 0 Å². The van der Waals surface area contributed by atoms with Crippen molar-refractivity contribution >= 4 is 16.8 Å². The molecule has 0 atom stereocenters. The molecule has 2 aromatic heterocycles. The minimum absolute atomic E-state index is 0.210. The fraction of sp³-hybridized carbons (Fsp3) is 0.381. The highest BCUT2D eigenvalue weighted by molar-refractivity contribution is 5.92. The van der Waals surface area contributed by atoms with Crippen molar-refractivity contribution in [3.8, 4) is 0 Å². The van der Waals surface area contributed by atoms with Crippen LogP contribution in [0.5, 0.6) is 0 Å². The van der Waals surface area contributed by atoms with Crippen LogP contribution < -0.4 is 5.32 Å². The van der Waals surface area contributed by atoms with Gasteiger partial charge in [-0.25, -0.2) is 0 Å². The summed E-state index contributed by atoms with van der Waals surface area (Å²) in [5.41, 5.74) is 2.22. The van der Waals surface area contributed by atoms with Crippen LogP contribution in [0.25, 0.3) is 10.9 Å². The van der Waals surface area contributed by atoms with Gasteiger partial charge in [0.1, 0.15) is 0 Å². The first-order chi connectivity index (χ1) is 12.6. The first-order valence-electron chi connectivity index (χ1n) is 9.20. The van der Waals surface area contributed by atoms with E-state index in [0.717, 1.165) is 11.9 Å². The second-order valence-electron chi connectivity index (χ2n) is 5.98. The maximum Gasteiger partial charge on any atom is 0.272 e. The molecule has 5 nitrogen and oxygen atoms in total. The van der Waals surface area contributed by atoms with Gasteiger partial charge in [0.15, 0.2) is 5.69 Å². The zero-order chi connectivity index (χ0) is 19.6. The molecule has 26 heavy (non-hydrogen) atoms. The number of nitrogens with one attached hydrogen (secondary N) is 2. The van der Waals surface area contributed by atoms with Crippen LogP contribution >= 0.6 is 0 Å². The molecule has 0 spiro atoms. The average molecular weight is 354 g/mol. The van der Waals surface area contributed by atoms with E-state index in [1.54, 1.807) is 18.3 Å². The molecule has 5 heteroatoms. The molecule has 0 radical (unpaired) electrons. The minimum Gasteiger partial charge on any atom is -0.361 e. The van der Waals surface area contributed by atoms with Gasteiger partial charge < -0.3 is 10.3 Å². The standard InChI is InChI=1S/C17H18N4O.2C2H6/c1-17(2,20-16(22)15-8-5-9-19-21-15)10-12-11-18-14-7-4-3-6-13(12)14;2*1-2/h3-9,11,18H,10H2,1-2H3,(H,20,22);2*1-2H3. The molecular formula is C21H30N4O. The van der Waals surface area contributed by atoms with Crippen molar-refractivity contribution in [2.24, 2.45) is 0 Å². The van der Waals surface area contributed by atoms with Crippen molar-refractivity contribution in [1.29, 1.82) is 0 Å². The van der Waals surface area contributed by atoms with Gasteiger partial charge in [0.05, 0.1) is 0 Å². The smallest absolute Gasteiger partial charge is 0.272 e. The van der Waals surface area contributed by atoms with Crippen LogP contribution in [0.1, 0.15) is 57.6 Å². The van der Waals surface area contributed by atoms with Gasteiger partial charge in [0.25, 0.3) is 5.91 Å². The predicted octanol–water partition coefficient (Wildman–Crippen LogP) is 4.76. The number of carbonyl (C=O) groups excluding carboxylic acids is 1.